The fourth-order valence-electron chi connectivity index (χ4n) is 1.72. The molecule has 0 heterocycles. The lowest BCUT2D eigenvalue weighted by Gasteiger charge is -2.04. The van der Waals surface area contributed by atoms with E-state index >= 15 is 0 Å². The van der Waals surface area contributed by atoms with Crippen LogP contribution in [0.25, 0.3) is 0 Å². The van der Waals surface area contributed by atoms with Gasteiger partial charge in [-0.05, 0) is 38.7 Å². The highest BCUT2D eigenvalue weighted by Crippen LogP contribution is 2.10. The Kier molecular flexibility index (Phi) is 7.12. The van der Waals surface area contributed by atoms with Crippen LogP contribution in [0.2, 0.25) is 0 Å². The summed E-state index contributed by atoms with van der Waals surface area (Å²) in [6.45, 7) is 9.57. The van der Waals surface area contributed by atoms with E-state index in [2.05, 4.69) is 38.6 Å². The Bertz CT molecular complexity index is 376. The normalized spacial score (nSPS) is 11.6. The van der Waals surface area contributed by atoms with Gasteiger partial charge >= 0.3 is 0 Å². The summed E-state index contributed by atoms with van der Waals surface area (Å²) in [6, 6.07) is 10.3. The Hall–Kier alpha value is -1.34. The van der Waals surface area contributed by atoms with Gasteiger partial charge in [0, 0.05) is 0 Å². The average molecular weight is 244 g/mol. The summed E-state index contributed by atoms with van der Waals surface area (Å²) < 4.78 is 5.62. The largest absolute Gasteiger partial charge is 0.373 e. The first-order valence-electron chi connectivity index (χ1n) is 6.60. The lowest BCUT2D eigenvalue weighted by atomic mass is 10.1. The summed E-state index contributed by atoms with van der Waals surface area (Å²) in [7, 11) is 0. The second-order valence-corrected chi connectivity index (χ2v) is 4.86. The molecular formula is C17H24O. The second-order valence-electron chi connectivity index (χ2n) is 4.86. The summed E-state index contributed by atoms with van der Waals surface area (Å²) in [6.07, 6.45) is 5.63. The SMILES string of the molecule is C=C(C)CCCC(C)=CCOCc1ccccc1. The van der Waals surface area contributed by atoms with E-state index in [0.717, 1.165) is 12.8 Å². The molecule has 0 unspecified atom stereocenters. The quantitative estimate of drug-likeness (QED) is 0.467. The van der Waals surface area contributed by atoms with Crippen molar-refractivity contribution in [2.45, 2.75) is 39.7 Å². The highest BCUT2D eigenvalue weighted by atomic mass is 16.5. The second kappa shape index (κ2) is 8.71. The number of ether oxygens (including phenoxy) is 1. The Morgan fingerprint density at radius 3 is 2.56 bits per heavy atom. The van der Waals surface area contributed by atoms with Crippen LogP contribution >= 0.6 is 0 Å². The van der Waals surface area contributed by atoms with Crippen molar-refractivity contribution in [3.8, 4) is 0 Å². The molecular weight excluding hydrogens is 220 g/mol. The van der Waals surface area contributed by atoms with Gasteiger partial charge in [0.1, 0.15) is 0 Å². The maximum Gasteiger partial charge on any atom is 0.0721 e. The highest BCUT2D eigenvalue weighted by molar-refractivity contribution is 5.13. The van der Waals surface area contributed by atoms with Gasteiger partial charge in [0.05, 0.1) is 13.2 Å². The van der Waals surface area contributed by atoms with Crippen molar-refractivity contribution >= 4 is 0 Å². The average Bonchev–Trinajstić information content (AvgIpc) is 2.35. The third kappa shape index (κ3) is 7.08. The molecule has 0 spiro atoms. The summed E-state index contributed by atoms with van der Waals surface area (Å²) in [5.41, 5.74) is 3.90. The molecule has 0 radical (unpaired) electrons. The van der Waals surface area contributed by atoms with E-state index in [9.17, 15) is 0 Å². The zero-order chi connectivity index (χ0) is 13.2. The van der Waals surface area contributed by atoms with Crippen molar-refractivity contribution in [3.63, 3.8) is 0 Å². The molecule has 0 amide bonds. The molecule has 1 heteroatoms. The molecule has 1 aromatic carbocycles. The number of hydrogen-bond donors (Lipinski definition) is 0. The predicted octanol–water partition coefficient (Wildman–Crippen LogP) is 4.90. The molecule has 0 saturated heterocycles. The monoisotopic (exact) mass is 244 g/mol. The smallest absolute Gasteiger partial charge is 0.0721 e. The molecule has 1 rings (SSSR count). The first kappa shape index (κ1) is 14.7. The molecule has 0 bridgehead atoms. The van der Waals surface area contributed by atoms with Gasteiger partial charge in [-0.3, -0.25) is 0 Å². The standard InChI is InChI=1S/C17H24O/c1-15(2)8-7-9-16(3)12-13-18-14-17-10-5-4-6-11-17/h4-6,10-12H,1,7-9,13-14H2,2-3H3. The van der Waals surface area contributed by atoms with E-state index in [1.807, 2.05) is 18.2 Å². The van der Waals surface area contributed by atoms with Crippen LogP contribution in [-0.2, 0) is 11.3 Å². The molecule has 0 aliphatic heterocycles. The Morgan fingerprint density at radius 1 is 1.17 bits per heavy atom. The van der Waals surface area contributed by atoms with Crippen molar-refractivity contribution in [1.29, 1.82) is 0 Å². The Balaban J connectivity index is 2.14. The first-order valence-corrected chi connectivity index (χ1v) is 6.60. The van der Waals surface area contributed by atoms with Gasteiger partial charge in [0.15, 0.2) is 0 Å². The van der Waals surface area contributed by atoms with Crippen LogP contribution in [0.15, 0.2) is 54.1 Å². The zero-order valence-electron chi connectivity index (χ0n) is 11.6. The van der Waals surface area contributed by atoms with Gasteiger partial charge in [-0.1, -0.05) is 47.6 Å². The molecule has 0 N–H and O–H groups in total. The van der Waals surface area contributed by atoms with Crippen molar-refractivity contribution < 1.29 is 4.74 Å². The minimum atomic E-state index is 0.691. The third-order valence-electron chi connectivity index (χ3n) is 2.84. The lowest BCUT2D eigenvalue weighted by molar-refractivity contribution is 0.148. The van der Waals surface area contributed by atoms with Crippen molar-refractivity contribution in [1.82, 2.24) is 0 Å². The molecule has 1 nitrogen and oxygen atoms in total. The maximum absolute atomic E-state index is 5.62. The molecule has 0 aliphatic rings. The van der Waals surface area contributed by atoms with Crippen LogP contribution in [-0.4, -0.2) is 6.61 Å². The van der Waals surface area contributed by atoms with Gasteiger partial charge < -0.3 is 4.74 Å². The number of benzene rings is 1. The molecule has 0 aliphatic carbocycles. The van der Waals surface area contributed by atoms with E-state index in [1.54, 1.807) is 0 Å². The summed E-state index contributed by atoms with van der Waals surface area (Å²) in [5, 5.41) is 0. The van der Waals surface area contributed by atoms with Gasteiger partial charge in [-0.15, -0.1) is 6.58 Å². The summed E-state index contributed by atoms with van der Waals surface area (Å²) in [5.74, 6) is 0. The van der Waals surface area contributed by atoms with E-state index in [1.165, 1.54) is 23.1 Å². The zero-order valence-corrected chi connectivity index (χ0v) is 11.6. The van der Waals surface area contributed by atoms with Crippen molar-refractivity contribution in [2.24, 2.45) is 0 Å². The summed E-state index contributed by atoms with van der Waals surface area (Å²) >= 11 is 0. The van der Waals surface area contributed by atoms with Crippen molar-refractivity contribution in [3.05, 3.63) is 59.7 Å². The Morgan fingerprint density at radius 2 is 1.89 bits per heavy atom. The fraction of sp³-hybridized carbons (Fsp3) is 0.412. The van der Waals surface area contributed by atoms with Crippen LogP contribution in [0.1, 0.15) is 38.7 Å². The molecule has 0 aromatic heterocycles. The molecule has 0 saturated carbocycles. The van der Waals surface area contributed by atoms with Gasteiger partial charge in [-0.2, -0.15) is 0 Å². The maximum atomic E-state index is 5.62. The highest BCUT2D eigenvalue weighted by Gasteiger charge is 1.93. The topological polar surface area (TPSA) is 9.23 Å². The fourth-order valence-corrected chi connectivity index (χ4v) is 1.72. The van der Waals surface area contributed by atoms with Crippen LogP contribution in [0.3, 0.4) is 0 Å². The van der Waals surface area contributed by atoms with E-state index in [-0.39, 0.29) is 0 Å². The molecule has 0 fully saturated rings. The minimum Gasteiger partial charge on any atom is -0.373 e. The van der Waals surface area contributed by atoms with E-state index in [4.69, 9.17) is 4.74 Å². The Labute approximate surface area is 111 Å². The van der Waals surface area contributed by atoms with Crippen LogP contribution < -0.4 is 0 Å². The summed E-state index contributed by atoms with van der Waals surface area (Å²) in [4.78, 5) is 0. The van der Waals surface area contributed by atoms with E-state index in [0.29, 0.717) is 13.2 Å². The van der Waals surface area contributed by atoms with E-state index < -0.39 is 0 Å². The van der Waals surface area contributed by atoms with Crippen LogP contribution in [0.5, 0.6) is 0 Å². The van der Waals surface area contributed by atoms with Gasteiger partial charge in [0.25, 0.3) is 0 Å². The van der Waals surface area contributed by atoms with Crippen molar-refractivity contribution in [2.75, 3.05) is 6.61 Å². The first-order chi connectivity index (χ1) is 8.68. The van der Waals surface area contributed by atoms with Crippen LogP contribution in [0, 0.1) is 0 Å². The van der Waals surface area contributed by atoms with Crippen LogP contribution in [0.4, 0.5) is 0 Å². The lowest BCUT2D eigenvalue weighted by Crippen LogP contribution is -1.93. The molecule has 0 atom stereocenters. The number of hydrogen-bond acceptors (Lipinski definition) is 1. The predicted molar refractivity (Wildman–Crippen MR) is 78.5 cm³/mol. The minimum absolute atomic E-state index is 0.691. The van der Waals surface area contributed by atoms with Gasteiger partial charge in [-0.25, -0.2) is 0 Å². The third-order valence-corrected chi connectivity index (χ3v) is 2.84. The number of rotatable bonds is 8. The molecule has 98 valence electrons. The molecule has 1 aromatic rings. The number of allylic oxidation sites excluding steroid dienone is 2. The van der Waals surface area contributed by atoms with Gasteiger partial charge in [0.2, 0.25) is 0 Å². The molecule has 18 heavy (non-hydrogen) atoms.